The van der Waals surface area contributed by atoms with Gasteiger partial charge in [0.15, 0.2) is 0 Å². The number of H-pyrrole nitrogens is 1. The average Bonchev–Trinajstić information content (AvgIpc) is 2.69. The van der Waals surface area contributed by atoms with E-state index >= 15 is 0 Å². The fraction of sp³-hybridized carbons (Fsp3) is 0.357. The van der Waals surface area contributed by atoms with E-state index in [1.807, 2.05) is 14.1 Å². The molecule has 0 amide bonds. The Hall–Kier alpha value is -1.39. The lowest BCUT2D eigenvalue weighted by Crippen LogP contribution is -2.10. The molecule has 3 nitrogen and oxygen atoms in total. The molecule has 1 aromatic heterocycles. The first-order chi connectivity index (χ1) is 8.60. The molecule has 0 atom stereocenters. The minimum absolute atomic E-state index is 0.0152. The Labute approximate surface area is 111 Å². The quantitative estimate of drug-likeness (QED) is 0.919. The smallest absolute Gasteiger partial charge is 0.305 e. The van der Waals surface area contributed by atoms with Crippen molar-refractivity contribution in [1.82, 2.24) is 9.88 Å². The summed E-state index contributed by atoms with van der Waals surface area (Å²) in [4.78, 5) is 17.7. The Morgan fingerprint density at radius 2 is 1.89 bits per heavy atom. The van der Waals surface area contributed by atoms with Crippen LogP contribution in [0.5, 0.6) is 0 Å². The van der Waals surface area contributed by atoms with E-state index in [1.165, 1.54) is 16.9 Å². The van der Waals surface area contributed by atoms with Gasteiger partial charge in [0.2, 0.25) is 0 Å². The van der Waals surface area contributed by atoms with Crippen molar-refractivity contribution in [1.29, 1.82) is 0 Å². The molecule has 96 valence electrons. The molecule has 1 N–H and O–H groups in total. The number of thiazole rings is 1. The van der Waals surface area contributed by atoms with E-state index < -0.39 is 0 Å². The van der Waals surface area contributed by atoms with Gasteiger partial charge in [-0.05, 0) is 31.6 Å². The third kappa shape index (κ3) is 2.89. The van der Waals surface area contributed by atoms with E-state index in [0.717, 1.165) is 29.1 Å². The van der Waals surface area contributed by atoms with Gasteiger partial charge in [0.05, 0.1) is 5.69 Å². The van der Waals surface area contributed by atoms with Crippen molar-refractivity contribution in [2.24, 2.45) is 0 Å². The standard InChI is InChI=1S/C14H18N2OS/c1-4-10-5-7-11(8-6-10)13-12(9-16(2)3)18-14(17)15-13/h5-8H,4,9H2,1-3H3,(H,15,17). The molecule has 0 saturated heterocycles. The lowest BCUT2D eigenvalue weighted by molar-refractivity contribution is 0.406. The van der Waals surface area contributed by atoms with Crippen LogP contribution in [0.2, 0.25) is 0 Å². The number of hydrogen-bond acceptors (Lipinski definition) is 3. The van der Waals surface area contributed by atoms with E-state index in [0.29, 0.717) is 0 Å². The zero-order chi connectivity index (χ0) is 13.1. The van der Waals surface area contributed by atoms with Crippen molar-refractivity contribution in [3.8, 4) is 11.3 Å². The fourth-order valence-electron chi connectivity index (χ4n) is 1.90. The highest BCUT2D eigenvalue weighted by Crippen LogP contribution is 2.24. The molecule has 1 aromatic carbocycles. The minimum atomic E-state index is 0.0152. The lowest BCUT2D eigenvalue weighted by Gasteiger charge is -2.09. The van der Waals surface area contributed by atoms with Gasteiger partial charge in [-0.25, -0.2) is 0 Å². The molecule has 0 unspecified atom stereocenters. The Balaban J connectivity index is 2.39. The maximum absolute atomic E-state index is 11.5. The maximum atomic E-state index is 11.5. The highest BCUT2D eigenvalue weighted by Gasteiger charge is 2.10. The average molecular weight is 262 g/mol. The van der Waals surface area contributed by atoms with Crippen LogP contribution in [0.1, 0.15) is 17.4 Å². The Bertz CT molecular complexity index is 566. The van der Waals surface area contributed by atoms with E-state index in [-0.39, 0.29) is 4.87 Å². The van der Waals surface area contributed by atoms with Gasteiger partial charge in [-0.1, -0.05) is 42.5 Å². The maximum Gasteiger partial charge on any atom is 0.305 e. The zero-order valence-corrected chi connectivity index (χ0v) is 11.8. The summed E-state index contributed by atoms with van der Waals surface area (Å²) in [6, 6.07) is 8.39. The van der Waals surface area contributed by atoms with Crippen molar-refractivity contribution in [2.45, 2.75) is 19.9 Å². The minimum Gasteiger partial charge on any atom is -0.312 e. The van der Waals surface area contributed by atoms with E-state index in [4.69, 9.17) is 0 Å². The van der Waals surface area contributed by atoms with Gasteiger partial charge in [-0.15, -0.1) is 0 Å². The van der Waals surface area contributed by atoms with Gasteiger partial charge in [-0.2, -0.15) is 0 Å². The molecule has 4 heteroatoms. The van der Waals surface area contributed by atoms with Crippen molar-refractivity contribution >= 4 is 11.3 Å². The summed E-state index contributed by atoms with van der Waals surface area (Å²) >= 11 is 1.29. The summed E-state index contributed by atoms with van der Waals surface area (Å²) < 4.78 is 0. The second-order valence-electron chi connectivity index (χ2n) is 4.60. The summed E-state index contributed by atoms with van der Waals surface area (Å²) in [7, 11) is 4.02. The van der Waals surface area contributed by atoms with Crippen LogP contribution in [0.4, 0.5) is 0 Å². The van der Waals surface area contributed by atoms with Crippen LogP contribution < -0.4 is 4.87 Å². The summed E-state index contributed by atoms with van der Waals surface area (Å²) in [6.45, 7) is 2.92. The van der Waals surface area contributed by atoms with E-state index in [9.17, 15) is 4.79 Å². The van der Waals surface area contributed by atoms with E-state index in [1.54, 1.807) is 0 Å². The SMILES string of the molecule is CCc1ccc(-c2[nH]c(=O)sc2CN(C)C)cc1. The number of rotatable bonds is 4. The number of aromatic nitrogens is 1. The first kappa shape index (κ1) is 13.1. The molecule has 2 aromatic rings. The molecule has 18 heavy (non-hydrogen) atoms. The van der Waals surface area contributed by atoms with Gasteiger partial charge in [0.25, 0.3) is 0 Å². The van der Waals surface area contributed by atoms with Crippen molar-refractivity contribution < 1.29 is 0 Å². The summed E-state index contributed by atoms with van der Waals surface area (Å²) in [6.07, 6.45) is 1.03. The first-order valence-electron chi connectivity index (χ1n) is 6.06. The number of aryl methyl sites for hydroxylation is 1. The van der Waals surface area contributed by atoms with Crippen LogP contribution in [-0.4, -0.2) is 24.0 Å². The van der Waals surface area contributed by atoms with Crippen LogP contribution in [0.3, 0.4) is 0 Å². The Kier molecular flexibility index (Phi) is 3.99. The van der Waals surface area contributed by atoms with E-state index in [2.05, 4.69) is 41.1 Å². The van der Waals surface area contributed by atoms with Gasteiger partial charge in [0.1, 0.15) is 0 Å². The molecule has 2 rings (SSSR count). The highest BCUT2D eigenvalue weighted by atomic mass is 32.1. The Morgan fingerprint density at radius 3 is 2.44 bits per heavy atom. The Morgan fingerprint density at radius 1 is 1.22 bits per heavy atom. The van der Waals surface area contributed by atoms with Gasteiger partial charge in [0, 0.05) is 11.4 Å². The van der Waals surface area contributed by atoms with Crippen molar-refractivity contribution in [3.63, 3.8) is 0 Å². The number of benzene rings is 1. The van der Waals surface area contributed by atoms with Crippen LogP contribution >= 0.6 is 11.3 Å². The van der Waals surface area contributed by atoms with Crippen LogP contribution in [0, 0.1) is 0 Å². The molecule has 0 aliphatic rings. The normalized spacial score (nSPS) is 11.1. The molecular weight excluding hydrogens is 244 g/mol. The topological polar surface area (TPSA) is 36.1 Å². The third-order valence-electron chi connectivity index (χ3n) is 2.83. The highest BCUT2D eigenvalue weighted by molar-refractivity contribution is 7.09. The lowest BCUT2D eigenvalue weighted by atomic mass is 10.1. The number of hydrogen-bond donors (Lipinski definition) is 1. The number of nitrogens with zero attached hydrogens (tertiary/aromatic N) is 1. The van der Waals surface area contributed by atoms with Crippen molar-refractivity contribution in [2.75, 3.05) is 14.1 Å². The molecule has 0 fully saturated rings. The molecule has 0 bridgehead atoms. The predicted octanol–water partition coefficient (Wildman–Crippen LogP) is 2.73. The fourth-order valence-corrected chi connectivity index (χ4v) is 2.87. The second kappa shape index (κ2) is 5.50. The largest absolute Gasteiger partial charge is 0.312 e. The van der Waals surface area contributed by atoms with Gasteiger partial charge >= 0.3 is 4.87 Å². The van der Waals surface area contributed by atoms with Crippen LogP contribution in [0.15, 0.2) is 29.1 Å². The molecule has 1 heterocycles. The summed E-state index contributed by atoms with van der Waals surface area (Å²) in [5.74, 6) is 0. The molecular formula is C14H18N2OS. The third-order valence-corrected chi connectivity index (χ3v) is 3.70. The molecule has 0 aliphatic heterocycles. The second-order valence-corrected chi connectivity index (χ2v) is 5.67. The first-order valence-corrected chi connectivity index (χ1v) is 6.88. The zero-order valence-electron chi connectivity index (χ0n) is 11.0. The number of nitrogens with one attached hydrogen (secondary N) is 1. The van der Waals surface area contributed by atoms with Crippen molar-refractivity contribution in [3.05, 3.63) is 44.4 Å². The molecule has 0 aliphatic carbocycles. The predicted molar refractivity (Wildman–Crippen MR) is 77.1 cm³/mol. The number of aromatic amines is 1. The summed E-state index contributed by atoms with van der Waals surface area (Å²) in [5.41, 5.74) is 3.36. The summed E-state index contributed by atoms with van der Waals surface area (Å²) in [5, 5.41) is 0. The van der Waals surface area contributed by atoms with Gasteiger partial charge in [-0.3, -0.25) is 4.79 Å². The molecule has 0 radical (unpaired) electrons. The van der Waals surface area contributed by atoms with Crippen LogP contribution in [0.25, 0.3) is 11.3 Å². The van der Waals surface area contributed by atoms with Crippen LogP contribution in [-0.2, 0) is 13.0 Å². The monoisotopic (exact) mass is 262 g/mol. The molecule has 0 spiro atoms. The van der Waals surface area contributed by atoms with Gasteiger partial charge < -0.3 is 9.88 Å². The molecule has 0 saturated carbocycles.